The van der Waals surface area contributed by atoms with Crippen LogP contribution in [0.4, 0.5) is 5.69 Å². The summed E-state index contributed by atoms with van der Waals surface area (Å²) in [7, 11) is 5.72. The summed E-state index contributed by atoms with van der Waals surface area (Å²) in [5, 5.41) is 6.76. The molecule has 2 rings (SSSR count). The van der Waals surface area contributed by atoms with Gasteiger partial charge in [-0.1, -0.05) is 0 Å². The lowest BCUT2D eigenvalue weighted by Gasteiger charge is -2.10. The summed E-state index contributed by atoms with van der Waals surface area (Å²) in [6.07, 6.45) is 4.88. The Hall–Kier alpha value is -2.41. The molecular formula is C14H19N5O2. The summed E-state index contributed by atoms with van der Waals surface area (Å²) in [6.45, 7) is 1.31. The van der Waals surface area contributed by atoms with Crippen molar-refractivity contribution in [3.05, 3.63) is 36.3 Å². The van der Waals surface area contributed by atoms with Crippen molar-refractivity contribution in [3.63, 3.8) is 0 Å². The highest BCUT2D eigenvalue weighted by Crippen LogP contribution is 2.12. The smallest absolute Gasteiger partial charge is 0.256 e. The molecule has 0 aliphatic carbocycles. The van der Waals surface area contributed by atoms with Crippen molar-refractivity contribution >= 4 is 11.6 Å². The molecule has 2 aromatic heterocycles. The van der Waals surface area contributed by atoms with Gasteiger partial charge in [0.05, 0.1) is 11.9 Å². The van der Waals surface area contributed by atoms with E-state index in [0.29, 0.717) is 23.7 Å². The molecule has 0 radical (unpaired) electrons. The molecule has 0 bridgehead atoms. The molecular weight excluding hydrogens is 270 g/mol. The van der Waals surface area contributed by atoms with E-state index in [4.69, 9.17) is 4.74 Å². The first-order valence-corrected chi connectivity index (χ1v) is 6.58. The number of carbonyl (C=O) groups excluding carboxylic acids is 1. The minimum atomic E-state index is -0.220. The third-order valence-electron chi connectivity index (χ3n) is 2.75. The second-order valence-corrected chi connectivity index (χ2v) is 4.89. The molecule has 21 heavy (non-hydrogen) atoms. The van der Waals surface area contributed by atoms with Gasteiger partial charge in [0.2, 0.25) is 5.88 Å². The number of aryl methyl sites for hydroxylation is 1. The number of hydrogen-bond acceptors (Lipinski definition) is 5. The van der Waals surface area contributed by atoms with Crippen LogP contribution in [0, 0.1) is 0 Å². The zero-order valence-electron chi connectivity index (χ0n) is 12.4. The van der Waals surface area contributed by atoms with Crippen LogP contribution in [-0.2, 0) is 7.05 Å². The van der Waals surface area contributed by atoms with Crippen molar-refractivity contribution in [1.29, 1.82) is 0 Å². The first kappa shape index (κ1) is 15.0. The van der Waals surface area contributed by atoms with Crippen LogP contribution in [-0.4, -0.2) is 52.8 Å². The Bertz CT molecular complexity index is 609. The summed E-state index contributed by atoms with van der Waals surface area (Å²) in [4.78, 5) is 18.2. The number of aromatic nitrogens is 3. The number of amides is 1. The van der Waals surface area contributed by atoms with Gasteiger partial charge in [0.15, 0.2) is 0 Å². The van der Waals surface area contributed by atoms with E-state index in [1.54, 1.807) is 42.5 Å². The molecule has 0 aliphatic heterocycles. The molecule has 1 amide bonds. The fraction of sp³-hybridized carbons (Fsp3) is 0.357. The van der Waals surface area contributed by atoms with Gasteiger partial charge in [-0.3, -0.25) is 9.48 Å². The summed E-state index contributed by atoms with van der Waals surface area (Å²) in [5.74, 6) is 0.221. The van der Waals surface area contributed by atoms with Crippen molar-refractivity contribution < 1.29 is 9.53 Å². The number of pyridine rings is 1. The average molecular weight is 289 g/mol. The first-order chi connectivity index (χ1) is 10.0. The second-order valence-electron chi connectivity index (χ2n) is 4.89. The Morgan fingerprint density at radius 1 is 1.48 bits per heavy atom. The number of nitrogens with zero attached hydrogens (tertiary/aromatic N) is 4. The van der Waals surface area contributed by atoms with Crippen molar-refractivity contribution in [3.8, 4) is 5.88 Å². The summed E-state index contributed by atoms with van der Waals surface area (Å²) >= 11 is 0. The Balaban J connectivity index is 1.97. The maximum absolute atomic E-state index is 12.1. The first-order valence-electron chi connectivity index (χ1n) is 6.58. The molecule has 0 aliphatic rings. The summed E-state index contributed by atoms with van der Waals surface area (Å²) < 4.78 is 7.14. The molecule has 0 aromatic carbocycles. The van der Waals surface area contributed by atoms with E-state index in [0.717, 1.165) is 6.54 Å². The molecule has 0 saturated heterocycles. The van der Waals surface area contributed by atoms with Crippen molar-refractivity contribution in [1.82, 2.24) is 19.7 Å². The SMILES string of the molecule is CN(C)CCOc1cc(C(=O)Nc2cnn(C)c2)ccn1. The van der Waals surface area contributed by atoms with Gasteiger partial charge in [-0.05, 0) is 20.2 Å². The summed E-state index contributed by atoms with van der Waals surface area (Å²) in [6, 6.07) is 3.27. The average Bonchev–Trinajstić information content (AvgIpc) is 2.84. The monoisotopic (exact) mass is 289 g/mol. The van der Waals surface area contributed by atoms with Gasteiger partial charge in [0, 0.05) is 37.6 Å². The van der Waals surface area contributed by atoms with E-state index in [1.165, 1.54) is 0 Å². The van der Waals surface area contributed by atoms with Gasteiger partial charge in [-0.2, -0.15) is 5.10 Å². The maximum Gasteiger partial charge on any atom is 0.256 e. The fourth-order valence-electron chi connectivity index (χ4n) is 1.65. The molecule has 7 heteroatoms. The second kappa shape index (κ2) is 6.85. The topological polar surface area (TPSA) is 72.3 Å². The van der Waals surface area contributed by atoms with E-state index in [9.17, 15) is 4.79 Å². The lowest BCUT2D eigenvalue weighted by atomic mass is 10.2. The number of anilines is 1. The highest BCUT2D eigenvalue weighted by molar-refractivity contribution is 6.04. The van der Waals surface area contributed by atoms with Gasteiger partial charge in [0.1, 0.15) is 6.61 Å². The van der Waals surface area contributed by atoms with E-state index in [-0.39, 0.29) is 5.91 Å². The van der Waals surface area contributed by atoms with Crippen molar-refractivity contribution in [2.24, 2.45) is 7.05 Å². The van der Waals surface area contributed by atoms with Gasteiger partial charge >= 0.3 is 0 Å². The van der Waals surface area contributed by atoms with Gasteiger partial charge < -0.3 is 15.0 Å². The van der Waals surface area contributed by atoms with E-state index < -0.39 is 0 Å². The molecule has 1 N–H and O–H groups in total. The van der Waals surface area contributed by atoms with Crippen LogP contribution in [0.1, 0.15) is 10.4 Å². The zero-order valence-corrected chi connectivity index (χ0v) is 12.4. The highest BCUT2D eigenvalue weighted by atomic mass is 16.5. The molecule has 0 saturated carbocycles. The zero-order chi connectivity index (χ0) is 15.2. The van der Waals surface area contributed by atoms with Crippen LogP contribution < -0.4 is 10.1 Å². The predicted octanol–water partition coefficient (Wildman–Crippen LogP) is 1.01. The van der Waals surface area contributed by atoms with E-state index in [1.807, 2.05) is 19.0 Å². The molecule has 0 atom stereocenters. The van der Waals surface area contributed by atoms with Crippen LogP contribution in [0.3, 0.4) is 0 Å². The van der Waals surface area contributed by atoms with E-state index in [2.05, 4.69) is 15.4 Å². The molecule has 0 fully saturated rings. The molecule has 7 nitrogen and oxygen atoms in total. The van der Waals surface area contributed by atoms with E-state index >= 15 is 0 Å². The number of ether oxygens (including phenoxy) is 1. The lowest BCUT2D eigenvalue weighted by Crippen LogP contribution is -2.20. The Kier molecular flexibility index (Phi) is 4.89. The minimum absolute atomic E-state index is 0.220. The van der Waals surface area contributed by atoms with Crippen LogP contribution in [0.2, 0.25) is 0 Å². The van der Waals surface area contributed by atoms with Crippen molar-refractivity contribution in [2.75, 3.05) is 32.6 Å². The largest absolute Gasteiger partial charge is 0.476 e. The number of likely N-dealkylation sites (N-methyl/N-ethyl adjacent to an activating group) is 1. The normalized spacial score (nSPS) is 10.7. The molecule has 0 unspecified atom stereocenters. The van der Waals surface area contributed by atoms with Crippen LogP contribution >= 0.6 is 0 Å². The Morgan fingerprint density at radius 3 is 2.95 bits per heavy atom. The minimum Gasteiger partial charge on any atom is -0.476 e. The number of nitrogens with one attached hydrogen (secondary N) is 1. The lowest BCUT2D eigenvalue weighted by molar-refractivity contribution is 0.102. The quantitative estimate of drug-likeness (QED) is 0.859. The van der Waals surface area contributed by atoms with Gasteiger partial charge in [-0.15, -0.1) is 0 Å². The highest BCUT2D eigenvalue weighted by Gasteiger charge is 2.09. The third-order valence-corrected chi connectivity index (χ3v) is 2.75. The molecule has 0 spiro atoms. The Labute approximate surface area is 123 Å². The fourth-order valence-corrected chi connectivity index (χ4v) is 1.65. The molecule has 2 aromatic rings. The number of hydrogen-bond donors (Lipinski definition) is 1. The third kappa shape index (κ3) is 4.57. The van der Waals surface area contributed by atoms with Gasteiger partial charge in [-0.25, -0.2) is 4.98 Å². The van der Waals surface area contributed by atoms with Crippen LogP contribution in [0.25, 0.3) is 0 Å². The molecule has 2 heterocycles. The molecule has 112 valence electrons. The number of rotatable bonds is 6. The maximum atomic E-state index is 12.1. The van der Waals surface area contributed by atoms with Crippen molar-refractivity contribution in [2.45, 2.75) is 0 Å². The Morgan fingerprint density at radius 2 is 2.29 bits per heavy atom. The van der Waals surface area contributed by atoms with Gasteiger partial charge in [0.25, 0.3) is 5.91 Å². The standard InChI is InChI=1S/C14H19N5O2/c1-18(2)6-7-21-13-8-11(4-5-15-13)14(20)17-12-9-16-19(3)10-12/h4-5,8-10H,6-7H2,1-3H3,(H,17,20). The van der Waals surface area contributed by atoms with Crippen LogP contribution in [0.15, 0.2) is 30.7 Å². The predicted molar refractivity (Wildman–Crippen MR) is 79.4 cm³/mol. The summed E-state index contributed by atoms with van der Waals surface area (Å²) in [5.41, 5.74) is 1.14. The number of carbonyl (C=O) groups is 1. The van der Waals surface area contributed by atoms with Crippen LogP contribution in [0.5, 0.6) is 5.88 Å².